The molecule has 1 atom stereocenters. The minimum atomic E-state index is -0.497. The number of piperidine rings is 1. The summed E-state index contributed by atoms with van der Waals surface area (Å²) in [5.41, 5.74) is 0.0306. The number of carbonyl (C=O) groups is 2. The Labute approximate surface area is 183 Å². The maximum absolute atomic E-state index is 12.3. The number of nitrogens with zero attached hydrogens (tertiary/aromatic N) is 2. The van der Waals surface area contributed by atoms with Crippen LogP contribution in [0.15, 0.2) is 18.2 Å². The van der Waals surface area contributed by atoms with E-state index in [2.05, 4.69) is 10.2 Å². The van der Waals surface area contributed by atoms with Gasteiger partial charge < -0.3 is 19.9 Å². The summed E-state index contributed by atoms with van der Waals surface area (Å²) in [6.45, 7) is 8.72. The molecular weight excluding hydrogens is 413 g/mol. The normalized spacial score (nSPS) is 17.7. The fourth-order valence-electron chi connectivity index (χ4n) is 3.37. The van der Waals surface area contributed by atoms with Crippen molar-refractivity contribution in [2.75, 3.05) is 38.5 Å². The number of carbonyl (C=O) groups excluding carboxylic acids is 2. The molecule has 1 heterocycles. The van der Waals surface area contributed by atoms with Crippen molar-refractivity contribution in [2.24, 2.45) is 5.92 Å². The molecule has 2 rings (SSSR count). The number of halogens is 2. The molecule has 0 aliphatic carbocycles. The van der Waals surface area contributed by atoms with Crippen molar-refractivity contribution in [3.05, 3.63) is 28.2 Å². The SMILES string of the molecule is CN(CC1CCCN(CCC(=O)Nc2cc(Cl)ccc2Cl)C1)C(=O)OC(C)(C)C. The van der Waals surface area contributed by atoms with E-state index >= 15 is 0 Å². The van der Waals surface area contributed by atoms with E-state index in [4.69, 9.17) is 27.9 Å². The lowest BCUT2D eigenvalue weighted by molar-refractivity contribution is -0.116. The van der Waals surface area contributed by atoms with E-state index in [0.717, 1.165) is 25.9 Å². The molecule has 1 N–H and O–H groups in total. The summed E-state index contributed by atoms with van der Waals surface area (Å²) in [6, 6.07) is 4.99. The molecule has 0 bridgehead atoms. The second-order valence-electron chi connectivity index (χ2n) is 8.59. The molecule has 1 aromatic carbocycles. The molecule has 0 aromatic heterocycles. The Morgan fingerprint density at radius 3 is 2.72 bits per heavy atom. The second kappa shape index (κ2) is 10.5. The number of anilines is 1. The van der Waals surface area contributed by atoms with E-state index in [0.29, 0.717) is 41.2 Å². The van der Waals surface area contributed by atoms with E-state index < -0.39 is 5.60 Å². The van der Waals surface area contributed by atoms with Crippen LogP contribution >= 0.6 is 23.2 Å². The smallest absolute Gasteiger partial charge is 0.410 e. The Hall–Kier alpha value is -1.50. The maximum atomic E-state index is 12.3. The highest BCUT2D eigenvalue weighted by Gasteiger charge is 2.25. The summed E-state index contributed by atoms with van der Waals surface area (Å²) in [7, 11) is 1.77. The highest BCUT2D eigenvalue weighted by atomic mass is 35.5. The molecule has 29 heavy (non-hydrogen) atoms. The van der Waals surface area contributed by atoms with E-state index in [1.165, 1.54) is 0 Å². The van der Waals surface area contributed by atoms with Crippen LogP contribution in [-0.2, 0) is 9.53 Å². The summed E-state index contributed by atoms with van der Waals surface area (Å²) >= 11 is 12.1. The van der Waals surface area contributed by atoms with E-state index in [-0.39, 0.29) is 12.0 Å². The number of rotatable bonds is 6. The van der Waals surface area contributed by atoms with Gasteiger partial charge >= 0.3 is 6.09 Å². The number of amides is 2. The van der Waals surface area contributed by atoms with Crippen LogP contribution in [0, 0.1) is 5.92 Å². The summed E-state index contributed by atoms with van der Waals surface area (Å²) in [5.74, 6) is 0.272. The van der Waals surface area contributed by atoms with Crippen LogP contribution < -0.4 is 5.32 Å². The van der Waals surface area contributed by atoms with Gasteiger partial charge in [0, 0.05) is 38.1 Å². The largest absolute Gasteiger partial charge is 0.444 e. The van der Waals surface area contributed by atoms with Crippen LogP contribution in [0.4, 0.5) is 10.5 Å². The first kappa shape index (κ1) is 23.8. The molecule has 8 heteroatoms. The molecule has 1 aliphatic heterocycles. The van der Waals surface area contributed by atoms with Crippen molar-refractivity contribution >= 4 is 40.9 Å². The molecule has 0 radical (unpaired) electrons. The number of hydrogen-bond donors (Lipinski definition) is 1. The third kappa shape index (κ3) is 8.41. The Kier molecular flexibility index (Phi) is 8.61. The summed E-state index contributed by atoms with van der Waals surface area (Å²) < 4.78 is 5.42. The van der Waals surface area contributed by atoms with E-state index in [9.17, 15) is 9.59 Å². The van der Waals surface area contributed by atoms with Gasteiger partial charge in [0.2, 0.25) is 5.91 Å². The Bertz CT molecular complexity index is 722. The highest BCUT2D eigenvalue weighted by Crippen LogP contribution is 2.25. The van der Waals surface area contributed by atoms with Crippen LogP contribution in [0.2, 0.25) is 10.0 Å². The number of benzene rings is 1. The average Bonchev–Trinajstić information content (AvgIpc) is 2.62. The number of ether oxygens (including phenoxy) is 1. The third-order valence-corrected chi connectivity index (χ3v) is 5.26. The monoisotopic (exact) mass is 443 g/mol. The fourth-order valence-corrected chi connectivity index (χ4v) is 3.71. The van der Waals surface area contributed by atoms with Crippen molar-refractivity contribution in [3.63, 3.8) is 0 Å². The molecule has 1 unspecified atom stereocenters. The minimum Gasteiger partial charge on any atom is -0.444 e. The molecule has 6 nitrogen and oxygen atoms in total. The summed E-state index contributed by atoms with van der Waals surface area (Å²) in [4.78, 5) is 28.4. The Balaban J connectivity index is 1.78. The van der Waals surface area contributed by atoms with Gasteiger partial charge in [-0.3, -0.25) is 4.79 Å². The van der Waals surface area contributed by atoms with Crippen LogP contribution in [-0.4, -0.2) is 60.6 Å². The third-order valence-electron chi connectivity index (χ3n) is 4.70. The predicted molar refractivity (Wildman–Crippen MR) is 118 cm³/mol. The molecule has 162 valence electrons. The standard InChI is InChI=1S/C21H31Cl2N3O3/c1-21(2,3)29-20(28)25(4)13-15-6-5-10-26(14-15)11-9-19(27)24-18-12-16(22)7-8-17(18)23/h7-8,12,15H,5-6,9-11,13-14H2,1-4H3,(H,24,27). The van der Waals surface area contributed by atoms with E-state index in [1.54, 1.807) is 30.1 Å². The van der Waals surface area contributed by atoms with Gasteiger partial charge in [0.1, 0.15) is 5.60 Å². The topological polar surface area (TPSA) is 61.9 Å². The zero-order valence-corrected chi connectivity index (χ0v) is 19.1. The van der Waals surface area contributed by atoms with Gasteiger partial charge in [-0.2, -0.15) is 0 Å². The highest BCUT2D eigenvalue weighted by molar-refractivity contribution is 6.35. The van der Waals surface area contributed by atoms with Gasteiger partial charge in [0.05, 0.1) is 10.7 Å². The van der Waals surface area contributed by atoms with Crippen molar-refractivity contribution in [3.8, 4) is 0 Å². The lowest BCUT2D eigenvalue weighted by atomic mass is 9.97. The van der Waals surface area contributed by atoms with Gasteiger partial charge in [-0.25, -0.2) is 4.79 Å². The van der Waals surface area contributed by atoms with Crippen molar-refractivity contribution in [2.45, 2.75) is 45.6 Å². The van der Waals surface area contributed by atoms with Gasteiger partial charge in [-0.1, -0.05) is 23.2 Å². The van der Waals surface area contributed by atoms with Gasteiger partial charge in [0.15, 0.2) is 0 Å². The van der Waals surface area contributed by atoms with Gasteiger partial charge in [0.25, 0.3) is 0 Å². The summed E-state index contributed by atoms with van der Waals surface area (Å²) in [6.07, 6.45) is 2.19. The van der Waals surface area contributed by atoms with Crippen LogP contribution in [0.25, 0.3) is 0 Å². The van der Waals surface area contributed by atoms with Crippen LogP contribution in [0.5, 0.6) is 0 Å². The Morgan fingerprint density at radius 1 is 1.31 bits per heavy atom. The molecule has 0 spiro atoms. The van der Waals surface area contributed by atoms with Gasteiger partial charge in [-0.05, 0) is 64.3 Å². The summed E-state index contributed by atoms with van der Waals surface area (Å²) in [5, 5.41) is 3.81. The molecular formula is C21H31Cl2N3O3. The number of hydrogen-bond acceptors (Lipinski definition) is 4. The first-order chi connectivity index (χ1) is 13.5. The number of nitrogens with one attached hydrogen (secondary N) is 1. The minimum absolute atomic E-state index is 0.0952. The zero-order chi connectivity index (χ0) is 21.6. The van der Waals surface area contributed by atoms with Crippen LogP contribution in [0.1, 0.15) is 40.0 Å². The molecule has 0 saturated carbocycles. The molecule has 1 aliphatic rings. The first-order valence-corrected chi connectivity index (χ1v) is 10.7. The lowest BCUT2D eigenvalue weighted by Gasteiger charge is -2.35. The zero-order valence-electron chi connectivity index (χ0n) is 17.6. The van der Waals surface area contributed by atoms with Crippen molar-refractivity contribution in [1.29, 1.82) is 0 Å². The average molecular weight is 444 g/mol. The van der Waals surface area contributed by atoms with Gasteiger partial charge in [-0.15, -0.1) is 0 Å². The Morgan fingerprint density at radius 2 is 2.03 bits per heavy atom. The molecule has 1 saturated heterocycles. The number of likely N-dealkylation sites (tertiary alicyclic amines) is 1. The van der Waals surface area contributed by atoms with Crippen LogP contribution in [0.3, 0.4) is 0 Å². The lowest BCUT2D eigenvalue weighted by Crippen LogP contribution is -2.43. The first-order valence-electron chi connectivity index (χ1n) is 9.95. The maximum Gasteiger partial charge on any atom is 0.410 e. The predicted octanol–water partition coefficient (Wildman–Crippen LogP) is 4.90. The molecule has 1 aromatic rings. The molecule has 2 amide bonds. The van der Waals surface area contributed by atoms with Crippen molar-refractivity contribution < 1.29 is 14.3 Å². The van der Waals surface area contributed by atoms with Crippen molar-refractivity contribution in [1.82, 2.24) is 9.80 Å². The second-order valence-corrected chi connectivity index (χ2v) is 9.44. The quantitative estimate of drug-likeness (QED) is 0.678. The fraction of sp³-hybridized carbons (Fsp3) is 0.619. The molecule has 1 fully saturated rings. The van der Waals surface area contributed by atoms with E-state index in [1.807, 2.05) is 20.8 Å².